The standard InChI is InChI=1S/C11H22BrNO2/c1-11(2,3)13-10(14)15-9-7-5-4-6-8-12/h4-9H2,1-3H3,(H,13,14). The van der Waals surface area contributed by atoms with Crippen molar-refractivity contribution in [2.45, 2.75) is 52.0 Å². The van der Waals surface area contributed by atoms with E-state index in [4.69, 9.17) is 4.74 Å². The van der Waals surface area contributed by atoms with Gasteiger partial charge < -0.3 is 10.1 Å². The van der Waals surface area contributed by atoms with Gasteiger partial charge in [0.15, 0.2) is 0 Å². The molecule has 0 aliphatic carbocycles. The number of ether oxygens (including phenoxy) is 1. The lowest BCUT2D eigenvalue weighted by Crippen LogP contribution is -2.41. The predicted molar refractivity (Wildman–Crippen MR) is 66.5 cm³/mol. The first-order chi connectivity index (χ1) is 6.95. The third-order valence-electron chi connectivity index (χ3n) is 1.74. The van der Waals surface area contributed by atoms with E-state index in [1.54, 1.807) is 0 Å². The smallest absolute Gasteiger partial charge is 0.407 e. The summed E-state index contributed by atoms with van der Waals surface area (Å²) in [6, 6.07) is 0. The molecule has 0 fully saturated rings. The molecule has 15 heavy (non-hydrogen) atoms. The maximum Gasteiger partial charge on any atom is 0.407 e. The average Bonchev–Trinajstić information content (AvgIpc) is 2.08. The molecule has 3 nitrogen and oxygen atoms in total. The van der Waals surface area contributed by atoms with E-state index in [0.29, 0.717) is 6.61 Å². The fourth-order valence-electron chi connectivity index (χ4n) is 1.06. The van der Waals surface area contributed by atoms with E-state index < -0.39 is 0 Å². The molecule has 0 saturated heterocycles. The molecule has 0 rings (SSSR count). The van der Waals surface area contributed by atoms with Crippen molar-refractivity contribution < 1.29 is 9.53 Å². The number of alkyl halides is 1. The normalized spacial score (nSPS) is 11.2. The number of unbranched alkanes of at least 4 members (excludes halogenated alkanes) is 3. The minimum absolute atomic E-state index is 0.215. The van der Waals surface area contributed by atoms with Gasteiger partial charge in [-0.25, -0.2) is 4.79 Å². The van der Waals surface area contributed by atoms with Gasteiger partial charge in [0.2, 0.25) is 0 Å². The Morgan fingerprint density at radius 3 is 2.33 bits per heavy atom. The van der Waals surface area contributed by atoms with Crippen LogP contribution < -0.4 is 5.32 Å². The quantitative estimate of drug-likeness (QED) is 0.597. The first-order valence-electron chi connectivity index (χ1n) is 5.46. The summed E-state index contributed by atoms with van der Waals surface area (Å²) in [6.07, 6.45) is 4.13. The molecule has 0 saturated carbocycles. The number of nitrogens with one attached hydrogen (secondary N) is 1. The maximum atomic E-state index is 11.2. The molecule has 0 atom stereocenters. The summed E-state index contributed by atoms with van der Waals surface area (Å²) in [6.45, 7) is 6.32. The SMILES string of the molecule is CC(C)(C)NC(=O)OCCCCCCBr. The van der Waals surface area contributed by atoms with Gasteiger partial charge >= 0.3 is 6.09 Å². The fourth-order valence-corrected chi connectivity index (χ4v) is 1.45. The number of carbonyl (C=O) groups is 1. The Kier molecular flexibility index (Phi) is 7.83. The molecule has 0 aliphatic heterocycles. The van der Waals surface area contributed by atoms with Gasteiger partial charge in [0, 0.05) is 10.9 Å². The highest BCUT2D eigenvalue weighted by atomic mass is 79.9. The molecule has 0 bridgehead atoms. The van der Waals surface area contributed by atoms with E-state index in [1.807, 2.05) is 20.8 Å². The molecule has 0 heterocycles. The van der Waals surface area contributed by atoms with Crippen LogP contribution in [0.1, 0.15) is 46.5 Å². The lowest BCUT2D eigenvalue weighted by atomic mass is 10.1. The number of carbonyl (C=O) groups excluding carboxylic acids is 1. The topological polar surface area (TPSA) is 38.3 Å². The van der Waals surface area contributed by atoms with Crippen LogP contribution in [0.2, 0.25) is 0 Å². The summed E-state index contributed by atoms with van der Waals surface area (Å²) in [5, 5.41) is 3.81. The molecular weight excluding hydrogens is 258 g/mol. The molecule has 1 amide bonds. The number of rotatable bonds is 6. The van der Waals surface area contributed by atoms with Crippen molar-refractivity contribution in [3.8, 4) is 0 Å². The van der Waals surface area contributed by atoms with Crippen molar-refractivity contribution in [3.05, 3.63) is 0 Å². The van der Waals surface area contributed by atoms with E-state index in [9.17, 15) is 4.79 Å². The third-order valence-corrected chi connectivity index (χ3v) is 2.30. The van der Waals surface area contributed by atoms with E-state index in [2.05, 4.69) is 21.2 Å². The minimum atomic E-state index is -0.317. The van der Waals surface area contributed by atoms with Crippen LogP contribution in [0.15, 0.2) is 0 Å². The summed E-state index contributed by atoms with van der Waals surface area (Å²) in [4.78, 5) is 11.2. The van der Waals surface area contributed by atoms with Crippen LogP contribution in [0.3, 0.4) is 0 Å². The Labute approximate surface area is 101 Å². The van der Waals surface area contributed by atoms with Crippen molar-refractivity contribution in [2.24, 2.45) is 0 Å². The van der Waals surface area contributed by atoms with Gasteiger partial charge in [-0.3, -0.25) is 0 Å². The molecule has 0 radical (unpaired) electrons. The summed E-state index contributed by atoms with van der Waals surface area (Å²) in [5.74, 6) is 0. The van der Waals surface area contributed by atoms with Gasteiger partial charge in [-0.2, -0.15) is 0 Å². The van der Waals surface area contributed by atoms with Crippen LogP contribution in [0.5, 0.6) is 0 Å². The number of alkyl carbamates (subject to hydrolysis) is 1. The second kappa shape index (κ2) is 7.97. The van der Waals surface area contributed by atoms with Gasteiger partial charge in [0.05, 0.1) is 6.61 Å². The molecule has 1 N–H and O–H groups in total. The number of halogens is 1. The van der Waals surface area contributed by atoms with Crippen molar-refractivity contribution in [3.63, 3.8) is 0 Å². The van der Waals surface area contributed by atoms with Gasteiger partial charge in [-0.1, -0.05) is 28.8 Å². The highest BCUT2D eigenvalue weighted by Crippen LogP contribution is 2.03. The fraction of sp³-hybridized carbons (Fsp3) is 0.909. The minimum Gasteiger partial charge on any atom is -0.450 e. The van der Waals surface area contributed by atoms with E-state index in [1.165, 1.54) is 12.8 Å². The zero-order valence-corrected chi connectivity index (χ0v) is 11.5. The average molecular weight is 280 g/mol. The molecule has 0 aromatic rings. The zero-order valence-electron chi connectivity index (χ0n) is 9.94. The van der Waals surface area contributed by atoms with Crippen LogP contribution in [-0.4, -0.2) is 23.6 Å². The second-order valence-corrected chi connectivity index (χ2v) is 5.41. The monoisotopic (exact) mass is 279 g/mol. The Balaban J connectivity index is 3.32. The summed E-state index contributed by atoms with van der Waals surface area (Å²) in [5.41, 5.74) is -0.215. The third kappa shape index (κ3) is 11.7. The Morgan fingerprint density at radius 1 is 1.20 bits per heavy atom. The highest BCUT2D eigenvalue weighted by Gasteiger charge is 2.13. The largest absolute Gasteiger partial charge is 0.450 e. The molecule has 0 unspecified atom stereocenters. The summed E-state index contributed by atoms with van der Waals surface area (Å²) >= 11 is 3.38. The van der Waals surface area contributed by atoms with Gasteiger partial charge in [0.25, 0.3) is 0 Å². The van der Waals surface area contributed by atoms with Gasteiger partial charge in [-0.05, 0) is 33.6 Å². The molecular formula is C11H22BrNO2. The molecule has 0 aliphatic rings. The summed E-state index contributed by atoms with van der Waals surface area (Å²) < 4.78 is 5.04. The highest BCUT2D eigenvalue weighted by molar-refractivity contribution is 9.09. The number of amides is 1. The number of hydrogen-bond donors (Lipinski definition) is 1. The van der Waals surface area contributed by atoms with Crippen molar-refractivity contribution in [2.75, 3.05) is 11.9 Å². The van der Waals surface area contributed by atoms with E-state index in [0.717, 1.165) is 18.2 Å². The number of hydrogen-bond acceptors (Lipinski definition) is 2. The maximum absolute atomic E-state index is 11.2. The lowest BCUT2D eigenvalue weighted by molar-refractivity contribution is 0.135. The van der Waals surface area contributed by atoms with E-state index in [-0.39, 0.29) is 11.6 Å². The first-order valence-corrected chi connectivity index (χ1v) is 6.59. The lowest BCUT2D eigenvalue weighted by Gasteiger charge is -2.19. The molecule has 0 spiro atoms. The van der Waals surface area contributed by atoms with Crippen LogP contribution in [0.4, 0.5) is 4.79 Å². The Hall–Kier alpha value is -0.250. The van der Waals surface area contributed by atoms with Crippen LogP contribution >= 0.6 is 15.9 Å². The second-order valence-electron chi connectivity index (χ2n) is 4.61. The van der Waals surface area contributed by atoms with Crippen LogP contribution in [0.25, 0.3) is 0 Å². The Bertz CT molecular complexity index is 178. The van der Waals surface area contributed by atoms with Crippen molar-refractivity contribution >= 4 is 22.0 Å². The van der Waals surface area contributed by atoms with Crippen molar-refractivity contribution in [1.29, 1.82) is 0 Å². The summed E-state index contributed by atoms with van der Waals surface area (Å²) in [7, 11) is 0. The van der Waals surface area contributed by atoms with Gasteiger partial charge in [0.1, 0.15) is 0 Å². The molecule has 4 heteroatoms. The molecule has 0 aromatic carbocycles. The first kappa shape index (κ1) is 14.8. The van der Waals surface area contributed by atoms with Crippen molar-refractivity contribution in [1.82, 2.24) is 5.32 Å². The molecule has 0 aromatic heterocycles. The zero-order chi connectivity index (χ0) is 11.7. The molecule has 90 valence electrons. The Morgan fingerprint density at radius 2 is 1.80 bits per heavy atom. The van der Waals surface area contributed by atoms with Crippen LogP contribution in [-0.2, 0) is 4.74 Å². The van der Waals surface area contributed by atoms with Crippen LogP contribution in [0, 0.1) is 0 Å². The van der Waals surface area contributed by atoms with Gasteiger partial charge in [-0.15, -0.1) is 0 Å². The predicted octanol–water partition coefficient (Wildman–Crippen LogP) is 3.47. The van der Waals surface area contributed by atoms with E-state index >= 15 is 0 Å².